The van der Waals surface area contributed by atoms with Crippen LogP contribution in [0.25, 0.3) is 5.65 Å². The van der Waals surface area contributed by atoms with Gasteiger partial charge in [-0.2, -0.15) is 5.10 Å². The van der Waals surface area contributed by atoms with Crippen molar-refractivity contribution in [1.29, 1.82) is 0 Å². The van der Waals surface area contributed by atoms with Crippen LogP contribution >= 0.6 is 11.6 Å². The SMILES string of the molecule is CN(C(=O)C1CCS(=O)(=O)CC1)[C@@H](c1ccc(N2CCCc3c2cnc2cc(Cl)nn32)cc1)C(C)(F)F. The van der Waals surface area contributed by atoms with Crippen LogP contribution in [0.2, 0.25) is 5.15 Å². The van der Waals surface area contributed by atoms with Crippen LogP contribution in [-0.4, -0.2) is 64.8 Å². The van der Waals surface area contributed by atoms with E-state index in [-0.39, 0.29) is 24.3 Å². The number of benzene rings is 1. The summed E-state index contributed by atoms with van der Waals surface area (Å²) in [5.74, 6) is -4.43. The van der Waals surface area contributed by atoms with Crippen molar-refractivity contribution in [1.82, 2.24) is 19.5 Å². The molecule has 2 aliphatic rings. The predicted molar refractivity (Wildman–Crippen MR) is 137 cm³/mol. The number of amides is 1. The molecule has 4 heterocycles. The van der Waals surface area contributed by atoms with Crippen molar-refractivity contribution in [3.8, 4) is 0 Å². The number of hydrogen-bond donors (Lipinski definition) is 0. The molecule has 0 spiro atoms. The summed E-state index contributed by atoms with van der Waals surface area (Å²) in [6.45, 7) is 1.53. The Morgan fingerprint density at radius 2 is 1.89 bits per heavy atom. The number of rotatable bonds is 5. The van der Waals surface area contributed by atoms with Crippen LogP contribution in [0.5, 0.6) is 0 Å². The Balaban J connectivity index is 1.41. The maximum absolute atomic E-state index is 14.8. The Bertz CT molecular complexity index is 1430. The van der Waals surface area contributed by atoms with Crippen LogP contribution < -0.4 is 4.90 Å². The number of sulfone groups is 1. The van der Waals surface area contributed by atoms with Gasteiger partial charge in [-0.05, 0) is 43.4 Å². The number of nitrogens with zero attached hydrogens (tertiary/aromatic N) is 5. The van der Waals surface area contributed by atoms with Crippen LogP contribution in [0.4, 0.5) is 20.2 Å². The van der Waals surface area contributed by atoms with Gasteiger partial charge in [0.2, 0.25) is 5.91 Å². The molecule has 0 N–H and O–H groups in total. The average molecular weight is 552 g/mol. The number of anilines is 2. The Morgan fingerprint density at radius 3 is 2.54 bits per heavy atom. The van der Waals surface area contributed by atoms with Gasteiger partial charge >= 0.3 is 0 Å². The van der Waals surface area contributed by atoms with Crippen molar-refractivity contribution in [3.63, 3.8) is 0 Å². The van der Waals surface area contributed by atoms with E-state index in [1.807, 2.05) is 0 Å². The zero-order valence-corrected chi connectivity index (χ0v) is 22.1. The molecule has 12 heteroatoms. The van der Waals surface area contributed by atoms with Crippen molar-refractivity contribution >= 4 is 44.4 Å². The predicted octanol–water partition coefficient (Wildman–Crippen LogP) is 4.45. The van der Waals surface area contributed by atoms with Gasteiger partial charge in [0.15, 0.2) is 10.8 Å². The zero-order valence-electron chi connectivity index (χ0n) is 20.6. The molecule has 198 valence electrons. The average Bonchev–Trinajstić information content (AvgIpc) is 3.24. The van der Waals surface area contributed by atoms with Gasteiger partial charge < -0.3 is 9.80 Å². The van der Waals surface area contributed by atoms with E-state index in [1.54, 1.807) is 41.0 Å². The monoisotopic (exact) mass is 551 g/mol. The molecular weight excluding hydrogens is 524 g/mol. The first kappa shape index (κ1) is 25.8. The number of fused-ring (bicyclic) bond motifs is 3. The molecule has 1 amide bonds. The number of carbonyl (C=O) groups excluding carboxylic acids is 1. The number of aromatic nitrogens is 3. The molecule has 1 saturated heterocycles. The lowest BCUT2D eigenvalue weighted by Gasteiger charge is -2.36. The first-order valence-electron chi connectivity index (χ1n) is 12.2. The summed E-state index contributed by atoms with van der Waals surface area (Å²) in [6, 6.07) is 7.01. The third-order valence-corrected chi connectivity index (χ3v) is 9.16. The van der Waals surface area contributed by atoms with Crippen molar-refractivity contribution in [2.24, 2.45) is 5.92 Å². The number of carbonyl (C=O) groups is 1. The second-order valence-electron chi connectivity index (χ2n) is 9.91. The van der Waals surface area contributed by atoms with Crippen molar-refractivity contribution in [2.75, 3.05) is 30.0 Å². The normalized spacial score (nSPS) is 19.0. The second-order valence-corrected chi connectivity index (χ2v) is 12.6. The minimum atomic E-state index is -3.21. The molecule has 37 heavy (non-hydrogen) atoms. The molecule has 2 aliphatic heterocycles. The van der Waals surface area contributed by atoms with Crippen LogP contribution in [0.1, 0.15) is 43.5 Å². The van der Waals surface area contributed by atoms with Gasteiger partial charge in [-0.25, -0.2) is 26.7 Å². The molecule has 8 nitrogen and oxygen atoms in total. The van der Waals surface area contributed by atoms with Gasteiger partial charge in [0, 0.05) is 38.2 Å². The summed E-state index contributed by atoms with van der Waals surface area (Å²) < 4.78 is 54.9. The Morgan fingerprint density at radius 1 is 1.22 bits per heavy atom. The summed E-state index contributed by atoms with van der Waals surface area (Å²) in [5.41, 5.74) is 3.64. The van der Waals surface area contributed by atoms with Crippen LogP contribution in [0, 0.1) is 5.92 Å². The van der Waals surface area contributed by atoms with Gasteiger partial charge in [-0.3, -0.25) is 4.79 Å². The highest BCUT2D eigenvalue weighted by atomic mass is 35.5. The summed E-state index contributed by atoms with van der Waals surface area (Å²) in [5, 5.41) is 4.70. The highest BCUT2D eigenvalue weighted by Gasteiger charge is 2.42. The van der Waals surface area contributed by atoms with E-state index >= 15 is 0 Å². The molecule has 5 rings (SSSR count). The fraction of sp³-hybridized carbons (Fsp3) is 0.480. The molecule has 0 saturated carbocycles. The first-order chi connectivity index (χ1) is 17.4. The van der Waals surface area contributed by atoms with E-state index < -0.39 is 33.6 Å². The lowest BCUT2D eigenvalue weighted by Crippen LogP contribution is -2.44. The topological polar surface area (TPSA) is 87.9 Å². The molecule has 0 aliphatic carbocycles. The lowest BCUT2D eigenvalue weighted by molar-refractivity contribution is -0.146. The highest BCUT2D eigenvalue weighted by molar-refractivity contribution is 7.91. The quantitative estimate of drug-likeness (QED) is 0.466. The summed E-state index contributed by atoms with van der Waals surface area (Å²) in [6.07, 6.45) is 3.76. The van der Waals surface area contributed by atoms with E-state index in [0.717, 1.165) is 48.3 Å². The molecule has 2 aromatic heterocycles. The maximum atomic E-state index is 14.8. The Labute approximate surface area is 219 Å². The molecule has 0 bridgehead atoms. The Hall–Kier alpha value is -2.79. The van der Waals surface area contributed by atoms with E-state index in [9.17, 15) is 22.0 Å². The Kier molecular flexibility index (Phi) is 6.64. The van der Waals surface area contributed by atoms with E-state index in [4.69, 9.17) is 11.6 Å². The van der Waals surface area contributed by atoms with E-state index in [0.29, 0.717) is 16.4 Å². The van der Waals surface area contributed by atoms with Crippen molar-refractivity contribution in [2.45, 2.75) is 44.6 Å². The van der Waals surface area contributed by atoms with Crippen LogP contribution in [0.3, 0.4) is 0 Å². The van der Waals surface area contributed by atoms with Gasteiger partial charge in [0.1, 0.15) is 15.9 Å². The molecule has 3 aromatic rings. The van der Waals surface area contributed by atoms with Crippen molar-refractivity contribution < 1.29 is 22.0 Å². The van der Waals surface area contributed by atoms with Gasteiger partial charge in [-0.1, -0.05) is 23.7 Å². The number of halogens is 3. The minimum Gasteiger partial charge on any atom is -0.339 e. The molecular formula is C25H28ClF2N5O3S. The van der Waals surface area contributed by atoms with E-state index in [2.05, 4.69) is 15.0 Å². The first-order valence-corrected chi connectivity index (χ1v) is 14.4. The smallest absolute Gasteiger partial charge is 0.269 e. The van der Waals surface area contributed by atoms with Gasteiger partial charge in [-0.15, -0.1) is 0 Å². The third-order valence-electron chi connectivity index (χ3n) is 7.26. The maximum Gasteiger partial charge on any atom is 0.269 e. The summed E-state index contributed by atoms with van der Waals surface area (Å²) in [7, 11) is -1.79. The molecule has 1 atom stereocenters. The van der Waals surface area contributed by atoms with Gasteiger partial charge in [0.05, 0.1) is 29.1 Å². The second kappa shape index (κ2) is 9.50. The van der Waals surface area contributed by atoms with Crippen molar-refractivity contribution in [3.05, 3.63) is 52.9 Å². The van der Waals surface area contributed by atoms with Crippen LogP contribution in [0.15, 0.2) is 36.5 Å². The van der Waals surface area contributed by atoms with E-state index in [1.165, 1.54) is 7.05 Å². The molecule has 0 unspecified atom stereocenters. The fourth-order valence-electron chi connectivity index (χ4n) is 5.44. The number of aryl methyl sites for hydroxylation is 1. The molecule has 1 fully saturated rings. The van der Waals surface area contributed by atoms with Crippen LogP contribution in [-0.2, 0) is 21.1 Å². The zero-order chi connectivity index (χ0) is 26.5. The largest absolute Gasteiger partial charge is 0.339 e. The molecule has 1 aromatic carbocycles. The number of hydrogen-bond acceptors (Lipinski definition) is 6. The number of alkyl halides is 2. The fourth-order valence-corrected chi connectivity index (χ4v) is 7.11. The van der Waals surface area contributed by atoms with Gasteiger partial charge in [0.25, 0.3) is 5.92 Å². The lowest BCUT2D eigenvalue weighted by atomic mass is 9.95. The summed E-state index contributed by atoms with van der Waals surface area (Å²) >= 11 is 6.07. The highest BCUT2D eigenvalue weighted by Crippen LogP contribution is 2.39. The third kappa shape index (κ3) is 5.03. The standard InChI is InChI=1S/C25H28ClF2N5O3S/c1-25(27,28)23(31(2)24(34)17-9-12-37(35,36)13-10-17)16-5-7-18(8-6-16)32-11-3-4-19-20(32)15-29-22-14-21(26)30-33(19)22/h5-8,14-15,17,23H,3-4,9-13H2,1-2H3/t23-/m0/s1. The minimum absolute atomic E-state index is 0.0949. The molecule has 0 radical (unpaired) electrons. The summed E-state index contributed by atoms with van der Waals surface area (Å²) in [4.78, 5) is 20.7.